The van der Waals surface area contributed by atoms with E-state index in [9.17, 15) is 4.79 Å². The number of carbonyl (C=O) groups excluding carboxylic acids is 1. The number of hydrogen-bond acceptors (Lipinski definition) is 3. The first-order valence-corrected chi connectivity index (χ1v) is 9.56. The summed E-state index contributed by atoms with van der Waals surface area (Å²) < 4.78 is 5.36. The van der Waals surface area contributed by atoms with E-state index in [1.165, 1.54) is 16.8 Å². The van der Waals surface area contributed by atoms with Crippen LogP contribution in [-0.2, 0) is 6.42 Å². The van der Waals surface area contributed by atoms with E-state index in [0.717, 1.165) is 43.9 Å². The van der Waals surface area contributed by atoms with Crippen LogP contribution in [0.15, 0.2) is 42.5 Å². The summed E-state index contributed by atoms with van der Waals surface area (Å²) in [6.07, 6.45) is 0.762. The summed E-state index contributed by atoms with van der Waals surface area (Å²) in [5.41, 5.74) is 5.03. The van der Waals surface area contributed by atoms with E-state index in [1.807, 2.05) is 29.2 Å². The molecule has 0 spiro atoms. The van der Waals surface area contributed by atoms with E-state index >= 15 is 0 Å². The van der Waals surface area contributed by atoms with E-state index in [2.05, 4.69) is 42.3 Å². The Kier molecular flexibility index (Phi) is 8.00. The molecule has 6 heteroatoms. The Morgan fingerprint density at radius 3 is 2.46 bits per heavy atom. The van der Waals surface area contributed by atoms with Crippen LogP contribution in [0, 0.1) is 13.8 Å². The Bertz CT molecular complexity index is 789. The Hall–Kier alpha value is -2.40. The third-order valence-electron chi connectivity index (χ3n) is 5.35. The largest absolute Gasteiger partial charge is 0.496 e. The van der Waals surface area contributed by atoms with E-state index < -0.39 is 0 Å². The van der Waals surface area contributed by atoms with Crippen LogP contribution in [0.2, 0.25) is 0 Å². The fourth-order valence-corrected chi connectivity index (χ4v) is 3.55. The van der Waals surface area contributed by atoms with E-state index in [0.29, 0.717) is 6.54 Å². The molecule has 1 heterocycles. The zero-order valence-corrected chi connectivity index (χ0v) is 17.7. The Labute approximate surface area is 174 Å². The number of ether oxygens (including phenoxy) is 1. The predicted molar refractivity (Wildman–Crippen MR) is 117 cm³/mol. The monoisotopic (exact) mass is 403 g/mol. The molecule has 152 valence electrons. The van der Waals surface area contributed by atoms with Crippen molar-refractivity contribution >= 4 is 24.1 Å². The summed E-state index contributed by atoms with van der Waals surface area (Å²) in [6, 6.07) is 14.4. The van der Waals surface area contributed by atoms with Crippen LogP contribution in [0.4, 0.5) is 10.5 Å². The number of piperazine rings is 1. The van der Waals surface area contributed by atoms with Crippen LogP contribution >= 0.6 is 12.4 Å². The van der Waals surface area contributed by atoms with Crippen LogP contribution < -0.4 is 15.0 Å². The second-order valence-corrected chi connectivity index (χ2v) is 6.99. The lowest BCUT2D eigenvalue weighted by atomic mass is 10.1. The zero-order valence-electron chi connectivity index (χ0n) is 16.9. The van der Waals surface area contributed by atoms with Crippen molar-refractivity contribution in [2.45, 2.75) is 20.3 Å². The summed E-state index contributed by atoms with van der Waals surface area (Å²) in [7, 11) is 1.67. The fourth-order valence-electron chi connectivity index (χ4n) is 3.55. The molecule has 1 fully saturated rings. The maximum Gasteiger partial charge on any atom is 0.317 e. The molecule has 0 aliphatic carbocycles. The maximum atomic E-state index is 12.5. The van der Waals surface area contributed by atoms with Crippen molar-refractivity contribution in [2.75, 3.05) is 44.7 Å². The molecule has 2 amide bonds. The minimum absolute atomic E-state index is 0. The van der Waals surface area contributed by atoms with Gasteiger partial charge in [-0.1, -0.05) is 30.3 Å². The molecule has 1 saturated heterocycles. The van der Waals surface area contributed by atoms with Gasteiger partial charge in [-0.3, -0.25) is 0 Å². The first-order valence-electron chi connectivity index (χ1n) is 9.56. The number of amides is 2. The highest BCUT2D eigenvalue weighted by molar-refractivity contribution is 5.85. The maximum absolute atomic E-state index is 12.5. The number of benzene rings is 2. The number of methoxy groups -OCH3 is 1. The molecule has 0 unspecified atom stereocenters. The van der Waals surface area contributed by atoms with Crippen molar-refractivity contribution in [1.29, 1.82) is 0 Å². The topological polar surface area (TPSA) is 44.8 Å². The van der Waals surface area contributed by atoms with Gasteiger partial charge in [0.15, 0.2) is 0 Å². The molecular formula is C22H30ClN3O2. The van der Waals surface area contributed by atoms with Crippen LogP contribution in [0.1, 0.15) is 16.7 Å². The summed E-state index contributed by atoms with van der Waals surface area (Å²) >= 11 is 0. The molecule has 0 saturated carbocycles. The molecule has 0 aromatic heterocycles. The molecule has 1 N–H and O–H groups in total. The van der Waals surface area contributed by atoms with Crippen LogP contribution in [0.25, 0.3) is 0 Å². The molecule has 2 aromatic carbocycles. The first-order chi connectivity index (χ1) is 13.1. The SMILES string of the molecule is COc1ccccc1CCNC(=O)N1CCN(c2cccc(C)c2C)CC1.Cl. The molecule has 1 aliphatic heterocycles. The zero-order chi connectivity index (χ0) is 19.2. The third-order valence-corrected chi connectivity index (χ3v) is 5.35. The van der Waals surface area contributed by atoms with Gasteiger partial charge < -0.3 is 19.9 Å². The first kappa shape index (κ1) is 21.9. The standard InChI is InChI=1S/C22H29N3O2.ClH/c1-17-7-6-9-20(18(17)2)24-13-15-25(16-14-24)22(26)23-12-11-19-8-4-5-10-21(19)27-3;/h4-10H,11-16H2,1-3H3,(H,23,26);1H. The Morgan fingerprint density at radius 2 is 1.75 bits per heavy atom. The molecule has 2 aromatic rings. The van der Waals surface area contributed by atoms with E-state index in [1.54, 1.807) is 7.11 Å². The minimum atomic E-state index is 0. The molecule has 0 atom stereocenters. The number of nitrogens with zero attached hydrogens (tertiary/aromatic N) is 2. The number of aryl methyl sites for hydroxylation is 1. The van der Waals surface area contributed by atoms with Crippen molar-refractivity contribution in [3.8, 4) is 5.75 Å². The van der Waals surface area contributed by atoms with Gasteiger partial charge in [-0.25, -0.2) is 4.79 Å². The summed E-state index contributed by atoms with van der Waals surface area (Å²) in [4.78, 5) is 16.8. The second-order valence-electron chi connectivity index (χ2n) is 6.99. The number of hydrogen-bond donors (Lipinski definition) is 1. The Balaban J connectivity index is 0.00000280. The van der Waals surface area contributed by atoms with Gasteiger partial charge in [0, 0.05) is 38.4 Å². The number of halogens is 1. The van der Waals surface area contributed by atoms with Gasteiger partial charge in [0.25, 0.3) is 0 Å². The lowest BCUT2D eigenvalue weighted by Crippen LogP contribution is -2.52. The number of para-hydroxylation sites is 1. The van der Waals surface area contributed by atoms with E-state index in [-0.39, 0.29) is 18.4 Å². The number of nitrogens with one attached hydrogen (secondary N) is 1. The van der Waals surface area contributed by atoms with Crippen molar-refractivity contribution in [1.82, 2.24) is 10.2 Å². The minimum Gasteiger partial charge on any atom is -0.496 e. The Morgan fingerprint density at radius 1 is 1.04 bits per heavy atom. The lowest BCUT2D eigenvalue weighted by molar-refractivity contribution is 0.194. The summed E-state index contributed by atoms with van der Waals surface area (Å²) in [6.45, 7) is 8.14. The lowest BCUT2D eigenvalue weighted by Gasteiger charge is -2.37. The van der Waals surface area contributed by atoms with Gasteiger partial charge in [-0.2, -0.15) is 0 Å². The quantitative estimate of drug-likeness (QED) is 0.825. The smallest absolute Gasteiger partial charge is 0.317 e. The van der Waals surface area contributed by atoms with Gasteiger partial charge in [-0.15, -0.1) is 12.4 Å². The second kappa shape index (κ2) is 10.2. The third kappa shape index (κ3) is 5.10. The van der Waals surface area contributed by atoms with Gasteiger partial charge in [-0.05, 0) is 49.1 Å². The average Bonchev–Trinajstić information content (AvgIpc) is 2.70. The number of carbonyl (C=O) groups is 1. The molecular weight excluding hydrogens is 374 g/mol. The van der Waals surface area contributed by atoms with Crippen molar-refractivity contribution in [2.24, 2.45) is 0 Å². The average molecular weight is 404 g/mol. The molecule has 5 nitrogen and oxygen atoms in total. The van der Waals surface area contributed by atoms with Gasteiger partial charge >= 0.3 is 6.03 Å². The van der Waals surface area contributed by atoms with Crippen molar-refractivity contribution in [3.63, 3.8) is 0 Å². The number of urea groups is 1. The van der Waals surface area contributed by atoms with Crippen molar-refractivity contribution < 1.29 is 9.53 Å². The predicted octanol–water partition coefficient (Wildman–Crippen LogP) is 3.81. The highest BCUT2D eigenvalue weighted by Crippen LogP contribution is 2.24. The molecule has 28 heavy (non-hydrogen) atoms. The number of rotatable bonds is 5. The normalized spacial score (nSPS) is 13.7. The summed E-state index contributed by atoms with van der Waals surface area (Å²) in [5.74, 6) is 0.869. The highest BCUT2D eigenvalue weighted by atomic mass is 35.5. The van der Waals surface area contributed by atoms with Gasteiger partial charge in [0.05, 0.1) is 7.11 Å². The molecule has 1 aliphatic rings. The molecule has 3 rings (SSSR count). The van der Waals surface area contributed by atoms with Crippen LogP contribution in [0.3, 0.4) is 0 Å². The van der Waals surface area contributed by atoms with E-state index in [4.69, 9.17) is 4.74 Å². The van der Waals surface area contributed by atoms with Crippen LogP contribution in [-0.4, -0.2) is 50.8 Å². The van der Waals surface area contributed by atoms with Gasteiger partial charge in [0.2, 0.25) is 0 Å². The molecule has 0 bridgehead atoms. The van der Waals surface area contributed by atoms with Gasteiger partial charge in [0.1, 0.15) is 5.75 Å². The molecule has 0 radical (unpaired) electrons. The fraction of sp³-hybridized carbons (Fsp3) is 0.409. The van der Waals surface area contributed by atoms with Crippen molar-refractivity contribution in [3.05, 3.63) is 59.2 Å². The van der Waals surface area contributed by atoms with Crippen LogP contribution in [0.5, 0.6) is 5.75 Å². The summed E-state index contributed by atoms with van der Waals surface area (Å²) in [5, 5.41) is 3.04. The highest BCUT2D eigenvalue weighted by Gasteiger charge is 2.22. The number of anilines is 1.